The van der Waals surface area contributed by atoms with Gasteiger partial charge in [0, 0.05) is 18.1 Å². The number of carbonyl (C=O) groups is 2. The third-order valence-corrected chi connectivity index (χ3v) is 5.45. The van der Waals surface area contributed by atoms with E-state index >= 15 is 0 Å². The second kappa shape index (κ2) is 7.68. The van der Waals surface area contributed by atoms with E-state index < -0.39 is 0 Å². The molecule has 2 amide bonds. The van der Waals surface area contributed by atoms with Crippen LogP contribution in [0.3, 0.4) is 0 Å². The van der Waals surface area contributed by atoms with E-state index in [1.807, 2.05) is 0 Å². The number of piperidine rings is 1. The summed E-state index contributed by atoms with van der Waals surface area (Å²) < 4.78 is 5.18. The van der Waals surface area contributed by atoms with Crippen molar-refractivity contribution in [1.29, 1.82) is 0 Å². The van der Waals surface area contributed by atoms with Gasteiger partial charge in [-0.25, -0.2) is 4.90 Å². The maximum atomic E-state index is 13.4. The number of methoxy groups -OCH3 is 1. The number of nitrogens with zero attached hydrogens (tertiary/aromatic N) is 2. The van der Waals surface area contributed by atoms with Gasteiger partial charge in [-0.15, -0.1) is 0 Å². The summed E-state index contributed by atoms with van der Waals surface area (Å²) in [5, 5.41) is 0.590. The maximum absolute atomic E-state index is 13.4. The smallest absolute Gasteiger partial charge is 0.282 e. The molecule has 0 aliphatic carbocycles. The Morgan fingerprint density at radius 3 is 2.11 bits per heavy atom. The van der Waals surface area contributed by atoms with Gasteiger partial charge in [-0.3, -0.25) is 9.59 Å². The van der Waals surface area contributed by atoms with E-state index in [1.54, 1.807) is 55.6 Å². The first kappa shape index (κ1) is 18.6. The van der Waals surface area contributed by atoms with E-state index in [0.29, 0.717) is 33.3 Å². The molecule has 2 aromatic carbocycles. The van der Waals surface area contributed by atoms with Gasteiger partial charge in [0.2, 0.25) is 0 Å². The zero-order chi connectivity index (χ0) is 19.7. The van der Waals surface area contributed by atoms with Crippen molar-refractivity contribution in [2.75, 3.05) is 25.1 Å². The van der Waals surface area contributed by atoms with E-state index in [9.17, 15) is 9.59 Å². The van der Waals surface area contributed by atoms with Crippen molar-refractivity contribution in [3.8, 4) is 5.75 Å². The normalized spacial score (nSPS) is 17.5. The molecule has 2 aliphatic heterocycles. The number of benzene rings is 2. The van der Waals surface area contributed by atoms with Crippen LogP contribution >= 0.6 is 11.6 Å². The number of anilines is 1. The van der Waals surface area contributed by atoms with Gasteiger partial charge in [-0.1, -0.05) is 23.7 Å². The van der Waals surface area contributed by atoms with Crippen LogP contribution in [0.15, 0.2) is 54.2 Å². The second-order valence-corrected chi connectivity index (χ2v) is 7.36. The third kappa shape index (κ3) is 3.27. The largest absolute Gasteiger partial charge is 0.497 e. The first-order chi connectivity index (χ1) is 13.6. The van der Waals surface area contributed by atoms with Crippen LogP contribution < -0.4 is 9.64 Å². The number of ether oxygens (including phenoxy) is 1. The van der Waals surface area contributed by atoms with E-state index in [-0.39, 0.29) is 11.8 Å². The number of amides is 2. The van der Waals surface area contributed by atoms with Crippen LogP contribution in [0.4, 0.5) is 5.69 Å². The number of rotatable bonds is 4. The predicted octanol–water partition coefficient (Wildman–Crippen LogP) is 4.12. The Balaban J connectivity index is 1.79. The summed E-state index contributed by atoms with van der Waals surface area (Å²) in [7, 11) is 1.58. The molecule has 4 rings (SSSR count). The van der Waals surface area contributed by atoms with Gasteiger partial charge in [0.1, 0.15) is 11.4 Å². The molecule has 5 nitrogen and oxygen atoms in total. The predicted molar refractivity (Wildman–Crippen MR) is 109 cm³/mol. The summed E-state index contributed by atoms with van der Waals surface area (Å²) in [5.74, 6) is 0.0880. The molecule has 0 saturated carbocycles. The van der Waals surface area contributed by atoms with Crippen LogP contribution in [0.1, 0.15) is 24.8 Å². The first-order valence-electron chi connectivity index (χ1n) is 9.38. The number of carbonyl (C=O) groups excluding carboxylic acids is 2. The average molecular weight is 397 g/mol. The number of halogens is 1. The number of hydrogen-bond acceptors (Lipinski definition) is 4. The first-order valence-corrected chi connectivity index (χ1v) is 9.76. The molecule has 0 radical (unpaired) electrons. The van der Waals surface area contributed by atoms with Crippen molar-refractivity contribution in [2.45, 2.75) is 19.3 Å². The molecule has 2 aromatic rings. The lowest BCUT2D eigenvalue weighted by Crippen LogP contribution is -2.37. The lowest BCUT2D eigenvalue weighted by molar-refractivity contribution is -0.120. The molecular formula is C22H21ClN2O3. The molecule has 6 heteroatoms. The Morgan fingerprint density at radius 2 is 1.50 bits per heavy atom. The molecule has 1 fully saturated rings. The van der Waals surface area contributed by atoms with Crippen molar-refractivity contribution < 1.29 is 14.3 Å². The fourth-order valence-corrected chi connectivity index (χ4v) is 3.90. The molecule has 144 valence electrons. The van der Waals surface area contributed by atoms with E-state index in [2.05, 4.69) is 4.90 Å². The average Bonchev–Trinajstić information content (AvgIpc) is 2.99. The lowest BCUT2D eigenvalue weighted by Gasteiger charge is -2.29. The molecule has 0 aromatic heterocycles. The Hall–Kier alpha value is -2.79. The molecule has 0 unspecified atom stereocenters. The number of hydrogen-bond donors (Lipinski definition) is 0. The minimum absolute atomic E-state index is 0.276. The molecule has 28 heavy (non-hydrogen) atoms. The van der Waals surface area contributed by atoms with Crippen LogP contribution in [0.5, 0.6) is 5.75 Å². The van der Waals surface area contributed by atoms with Crippen molar-refractivity contribution >= 4 is 34.7 Å². The monoisotopic (exact) mass is 396 g/mol. The SMILES string of the molecule is COc1ccc(N2C(=O)C(c3ccc(Cl)cc3)=C(N3CCCCC3)C2=O)cc1. The molecule has 2 aliphatic rings. The Bertz CT molecular complexity index is 929. The highest BCUT2D eigenvalue weighted by atomic mass is 35.5. The van der Waals surface area contributed by atoms with Crippen LogP contribution in [-0.2, 0) is 9.59 Å². The Kier molecular flexibility index (Phi) is 5.09. The standard InChI is InChI=1S/C22H21ClN2O3/c1-28-18-11-9-17(10-12-18)25-21(26)19(15-5-7-16(23)8-6-15)20(22(25)27)24-13-3-2-4-14-24/h5-12H,2-4,13-14H2,1H3. The zero-order valence-corrected chi connectivity index (χ0v) is 16.4. The number of imide groups is 1. The van der Waals surface area contributed by atoms with Crippen LogP contribution in [0, 0.1) is 0 Å². The Morgan fingerprint density at radius 1 is 0.857 bits per heavy atom. The quantitative estimate of drug-likeness (QED) is 0.729. The molecular weight excluding hydrogens is 376 g/mol. The highest BCUT2D eigenvalue weighted by Gasteiger charge is 2.42. The molecule has 0 spiro atoms. The minimum atomic E-state index is -0.307. The maximum Gasteiger partial charge on any atom is 0.282 e. The molecule has 0 N–H and O–H groups in total. The van der Waals surface area contributed by atoms with Crippen LogP contribution in [-0.4, -0.2) is 36.9 Å². The topological polar surface area (TPSA) is 49.9 Å². The summed E-state index contributed by atoms with van der Waals surface area (Å²) in [6, 6.07) is 14.0. The highest BCUT2D eigenvalue weighted by Crippen LogP contribution is 2.36. The van der Waals surface area contributed by atoms with E-state index in [1.165, 1.54) is 4.90 Å². The van der Waals surface area contributed by atoms with Crippen LogP contribution in [0.25, 0.3) is 5.57 Å². The second-order valence-electron chi connectivity index (χ2n) is 6.92. The molecule has 0 bridgehead atoms. The summed E-state index contributed by atoms with van der Waals surface area (Å²) >= 11 is 6.02. The van der Waals surface area contributed by atoms with Gasteiger partial charge < -0.3 is 9.64 Å². The summed E-state index contributed by atoms with van der Waals surface area (Å²) in [6.07, 6.45) is 3.17. The van der Waals surface area contributed by atoms with Crippen molar-refractivity contribution in [3.05, 3.63) is 64.8 Å². The van der Waals surface area contributed by atoms with Gasteiger partial charge in [-0.2, -0.15) is 0 Å². The van der Waals surface area contributed by atoms with Crippen molar-refractivity contribution in [1.82, 2.24) is 4.90 Å². The van der Waals surface area contributed by atoms with Gasteiger partial charge in [0.25, 0.3) is 11.8 Å². The van der Waals surface area contributed by atoms with Crippen LogP contribution in [0.2, 0.25) is 5.02 Å². The molecule has 1 saturated heterocycles. The Labute approximate surface area is 169 Å². The molecule has 0 atom stereocenters. The van der Waals surface area contributed by atoms with Crippen molar-refractivity contribution in [2.24, 2.45) is 0 Å². The summed E-state index contributed by atoms with van der Waals surface area (Å²) in [4.78, 5) is 30.0. The van der Waals surface area contributed by atoms with E-state index in [0.717, 1.165) is 32.4 Å². The lowest BCUT2D eigenvalue weighted by atomic mass is 10.0. The molecule has 2 heterocycles. The van der Waals surface area contributed by atoms with Crippen molar-refractivity contribution in [3.63, 3.8) is 0 Å². The third-order valence-electron chi connectivity index (χ3n) is 5.20. The fourth-order valence-electron chi connectivity index (χ4n) is 3.77. The minimum Gasteiger partial charge on any atom is -0.497 e. The summed E-state index contributed by atoms with van der Waals surface area (Å²) in [5.41, 5.74) is 2.18. The van der Waals surface area contributed by atoms with E-state index in [4.69, 9.17) is 16.3 Å². The van der Waals surface area contributed by atoms with Gasteiger partial charge >= 0.3 is 0 Å². The fraction of sp³-hybridized carbons (Fsp3) is 0.273. The summed E-state index contributed by atoms with van der Waals surface area (Å²) in [6.45, 7) is 1.56. The van der Waals surface area contributed by atoms with Gasteiger partial charge in [0.05, 0.1) is 18.4 Å². The van der Waals surface area contributed by atoms with Gasteiger partial charge in [-0.05, 0) is 61.2 Å². The highest BCUT2D eigenvalue weighted by molar-refractivity contribution is 6.45. The zero-order valence-electron chi connectivity index (χ0n) is 15.7. The van der Waals surface area contributed by atoms with Gasteiger partial charge in [0.15, 0.2) is 0 Å². The number of likely N-dealkylation sites (tertiary alicyclic amines) is 1.